The van der Waals surface area contributed by atoms with Gasteiger partial charge in [0.1, 0.15) is 5.75 Å². The van der Waals surface area contributed by atoms with Gasteiger partial charge in [-0.05, 0) is 18.2 Å². The first-order valence-electron chi connectivity index (χ1n) is 5.85. The van der Waals surface area contributed by atoms with E-state index in [1.54, 1.807) is 0 Å². The highest BCUT2D eigenvalue weighted by Crippen LogP contribution is 2.27. The highest BCUT2D eigenvalue weighted by Gasteiger charge is 2.32. The van der Waals surface area contributed by atoms with Crippen molar-refractivity contribution in [2.75, 3.05) is 12.4 Å². The van der Waals surface area contributed by atoms with Crippen molar-refractivity contribution < 1.29 is 22.7 Å². The van der Waals surface area contributed by atoms with Gasteiger partial charge in [-0.2, -0.15) is 13.2 Å². The van der Waals surface area contributed by atoms with E-state index in [2.05, 4.69) is 15.3 Å². The number of amides is 1. The van der Waals surface area contributed by atoms with Gasteiger partial charge < -0.3 is 10.1 Å². The van der Waals surface area contributed by atoms with Gasteiger partial charge in [-0.15, -0.1) is 0 Å². The van der Waals surface area contributed by atoms with Gasteiger partial charge in [0, 0.05) is 5.02 Å². The predicted molar refractivity (Wildman–Crippen MR) is 73.0 cm³/mol. The third-order valence-corrected chi connectivity index (χ3v) is 2.83. The molecule has 0 unspecified atom stereocenters. The molecule has 0 fully saturated rings. The lowest BCUT2D eigenvalue weighted by Crippen LogP contribution is -2.15. The summed E-state index contributed by atoms with van der Waals surface area (Å²) in [5.41, 5.74) is -1.03. The molecule has 0 spiro atoms. The van der Waals surface area contributed by atoms with Crippen LogP contribution in [0.2, 0.25) is 5.02 Å². The van der Waals surface area contributed by atoms with Gasteiger partial charge in [-0.25, -0.2) is 9.97 Å². The first kappa shape index (κ1) is 16.0. The molecule has 2 aromatic rings. The minimum atomic E-state index is -4.59. The van der Waals surface area contributed by atoms with Crippen molar-refractivity contribution >= 4 is 23.3 Å². The van der Waals surface area contributed by atoms with Crippen molar-refractivity contribution in [3.63, 3.8) is 0 Å². The van der Waals surface area contributed by atoms with E-state index < -0.39 is 17.8 Å². The number of aromatic nitrogens is 2. The van der Waals surface area contributed by atoms with Gasteiger partial charge in [0.05, 0.1) is 25.1 Å². The summed E-state index contributed by atoms with van der Waals surface area (Å²) in [6, 6.07) is 4.40. The van der Waals surface area contributed by atoms with E-state index in [0.717, 1.165) is 6.20 Å². The molecule has 0 aliphatic heterocycles. The Labute approximate surface area is 128 Å². The van der Waals surface area contributed by atoms with Gasteiger partial charge in [-0.1, -0.05) is 11.6 Å². The summed E-state index contributed by atoms with van der Waals surface area (Å²) in [7, 11) is 1.37. The van der Waals surface area contributed by atoms with Crippen LogP contribution in [0.25, 0.3) is 0 Å². The number of anilines is 1. The van der Waals surface area contributed by atoms with Crippen LogP contribution < -0.4 is 10.1 Å². The second kappa shape index (κ2) is 6.18. The number of ether oxygens (including phenoxy) is 1. The minimum Gasteiger partial charge on any atom is -0.496 e. The normalized spacial score (nSPS) is 11.1. The number of hydrogen-bond acceptors (Lipinski definition) is 4. The molecule has 1 aromatic heterocycles. The third kappa shape index (κ3) is 3.64. The van der Waals surface area contributed by atoms with Gasteiger partial charge >= 0.3 is 6.18 Å². The topological polar surface area (TPSA) is 64.1 Å². The zero-order valence-electron chi connectivity index (χ0n) is 11.1. The quantitative estimate of drug-likeness (QED) is 0.936. The third-order valence-electron chi connectivity index (χ3n) is 2.59. The first-order chi connectivity index (χ1) is 10.3. The number of hydrogen-bond donors (Lipinski definition) is 1. The molecule has 0 aliphatic carbocycles. The number of nitrogens with one attached hydrogen (secondary N) is 1. The second-order valence-electron chi connectivity index (χ2n) is 4.08. The standard InChI is InChI=1S/C13H9ClF3N3O2/c1-22-9-3-2-7(14)4-8(9)12(21)20-11-6-18-10(5-19-11)13(15,16)17/h2-6H,1H3,(H,19,20,21). The molecule has 1 aromatic carbocycles. The molecule has 0 radical (unpaired) electrons. The Morgan fingerprint density at radius 3 is 2.55 bits per heavy atom. The molecule has 2 rings (SSSR count). The van der Waals surface area contributed by atoms with E-state index in [1.807, 2.05) is 0 Å². The number of halogens is 4. The van der Waals surface area contributed by atoms with Crippen LogP contribution in [-0.2, 0) is 6.18 Å². The molecule has 22 heavy (non-hydrogen) atoms. The van der Waals surface area contributed by atoms with E-state index in [4.69, 9.17) is 16.3 Å². The van der Waals surface area contributed by atoms with Crippen LogP contribution in [0, 0.1) is 0 Å². The monoisotopic (exact) mass is 331 g/mol. The average Bonchev–Trinajstić information content (AvgIpc) is 2.46. The molecule has 1 N–H and O–H groups in total. The smallest absolute Gasteiger partial charge is 0.434 e. The molecule has 0 saturated carbocycles. The Morgan fingerprint density at radius 2 is 2.00 bits per heavy atom. The molecule has 116 valence electrons. The average molecular weight is 332 g/mol. The number of rotatable bonds is 3. The molecular formula is C13H9ClF3N3O2. The summed E-state index contributed by atoms with van der Waals surface area (Å²) in [5, 5.41) is 2.63. The molecule has 0 saturated heterocycles. The van der Waals surface area contributed by atoms with Crippen molar-refractivity contribution in [3.05, 3.63) is 46.9 Å². The molecule has 1 amide bonds. The Kier molecular flexibility index (Phi) is 4.51. The summed E-state index contributed by atoms with van der Waals surface area (Å²) in [6.07, 6.45) is -3.24. The fraction of sp³-hybridized carbons (Fsp3) is 0.154. The molecule has 9 heteroatoms. The van der Waals surface area contributed by atoms with Crippen LogP contribution in [0.15, 0.2) is 30.6 Å². The summed E-state index contributed by atoms with van der Waals surface area (Å²) in [5.74, 6) is -0.491. The van der Waals surface area contributed by atoms with Crippen molar-refractivity contribution in [2.24, 2.45) is 0 Å². The van der Waals surface area contributed by atoms with Crippen molar-refractivity contribution in [3.8, 4) is 5.75 Å². The summed E-state index contributed by atoms with van der Waals surface area (Å²) >= 11 is 5.80. The largest absolute Gasteiger partial charge is 0.496 e. The Morgan fingerprint density at radius 1 is 1.27 bits per heavy atom. The maximum Gasteiger partial charge on any atom is 0.434 e. The number of methoxy groups -OCH3 is 1. The van der Waals surface area contributed by atoms with Gasteiger partial charge in [0.25, 0.3) is 5.91 Å². The molecule has 5 nitrogen and oxygen atoms in total. The fourth-order valence-electron chi connectivity index (χ4n) is 1.58. The Bertz CT molecular complexity index is 690. The number of benzene rings is 1. The SMILES string of the molecule is COc1ccc(Cl)cc1C(=O)Nc1cnc(C(F)(F)F)cn1. The van der Waals surface area contributed by atoms with E-state index in [0.29, 0.717) is 11.2 Å². The number of nitrogens with zero attached hydrogens (tertiary/aromatic N) is 2. The number of carbonyl (C=O) groups excluding carboxylic acids is 1. The van der Waals surface area contributed by atoms with Crippen LogP contribution in [0.5, 0.6) is 5.75 Å². The summed E-state index contributed by atoms with van der Waals surface area (Å²) < 4.78 is 42.1. The van der Waals surface area contributed by atoms with Gasteiger partial charge in [0.2, 0.25) is 0 Å². The first-order valence-corrected chi connectivity index (χ1v) is 6.23. The summed E-state index contributed by atoms with van der Waals surface area (Å²) in [4.78, 5) is 18.8. The van der Waals surface area contributed by atoms with Crippen LogP contribution in [0.4, 0.5) is 19.0 Å². The maximum atomic E-state index is 12.4. The van der Waals surface area contributed by atoms with E-state index in [9.17, 15) is 18.0 Å². The highest BCUT2D eigenvalue weighted by molar-refractivity contribution is 6.31. The van der Waals surface area contributed by atoms with Crippen LogP contribution >= 0.6 is 11.6 Å². The number of carbonyl (C=O) groups is 1. The lowest BCUT2D eigenvalue weighted by Gasteiger charge is -2.10. The molecule has 0 aliphatic rings. The maximum absolute atomic E-state index is 12.4. The van der Waals surface area contributed by atoms with Crippen LogP contribution in [0.3, 0.4) is 0 Å². The number of alkyl halides is 3. The minimum absolute atomic E-state index is 0.122. The molecule has 0 bridgehead atoms. The lowest BCUT2D eigenvalue weighted by molar-refractivity contribution is -0.141. The van der Waals surface area contributed by atoms with Gasteiger partial charge in [0.15, 0.2) is 11.5 Å². The highest BCUT2D eigenvalue weighted by atomic mass is 35.5. The van der Waals surface area contributed by atoms with E-state index >= 15 is 0 Å². The summed E-state index contributed by atoms with van der Waals surface area (Å²) in [6.45, 7) is 0. The molecule has 0 atom stereocenters. The van der Waals surface area contributed by atoms with E-state index in [-0.39, 0.29) is 17.1 Å². The zero-order chi connectivity index (χ0) is 16.3. The van der Waals surface area contributed by atoms with E-state index in [1.165, 1.54) is 25.3 Å². The van der Waals surface area contributed by atoms with Crippen molar-refractivity contribution in [1.82, 2.24) is 9.97 Å². The van der Waals surface area contributed by atoms with Crippen molar-refractivity contribution in [1.29, 1.82) is 0 Å². The molecular weight excluding hydrogens is 323 g/mol. The predicted octanol–water partition coefficient (Wildman–Crippen LogP) is 3.41. The fourth-order valence-corrected chi connectivity index (χ4v) is 1.75. The zero-order valence-corrected chi connectivity index (χ0v) is 11.9. The van der Waals surface area contributed by atoms with Crippen LogP contribution in [0.1, 0.15) is 16.1 Å². The lowest BCUT2D eigenvalue weighted by atomic mass is 10.2. The van der Waals surface area contributed by atoms with Crippen LogP contribution in [-0.4, -0.2) is 23.0 Å². The Balaban J connectivity index is 2.20. The second-order valence-corrected chi connectivity index (χ2v) is 4.52. The van der Waals surface area contributed by atoms with Gasteiger partial charge in [-0.3, -0.25) is 4.79 Å². The van der Waals surface area contributed by atoms with Crippen molar-refractivity contribution in [2.45, 2.75) is 6.18 Å². The molecule has 1 heterocycles. The Hall–Kier alpha value is -2.35.